The molecule has 0 unspecified atom stereocenters. The van der Waals surface area contributed by atoms with Crippen molar-refractivity contribution in [3.05, 3.63) is 36.2 Å². The molecule has 0 atom stereocenters. The van der Waals surface area contributed by atoms with E-state index in [-0.39, 0.29) is 23.1 Å². The summed E-state index contributed by atoms with van der Waals surface area (Å²) in [6, 6.07) is 1.90. The number of amides is 1. The Labute approximate surface area is 230 Å². The minimum atomic E-state index is -0.313. The molecule has 40 heavy (non-hydrogen) atoms. The monoisotopic (exact) mass is 548 g/mol. The fourth-order valence-corrected chi connectivity index (χ4v) is 6.47. The number of rotatable bonds is 6. The number of anilines is 1. The number of aromatic nitrogens is 5. The molecule has 3 fully saturated rings. The van der Waals surface area contributed by atoms with Crippen molar-refractivity contribution in [2.24, 2.45) is 5.41 Å². The molecule has 3 aliphatic heterocycles. The quantitative estimate of drug-likeness (QED) is 0.392. The Morgan fingerprint density at radius 3 is 2.70 bits per heavy atom. The van der Waals surface area contributed by atoms with Gasteiger partial charge in [0.1, 0.15) is 6.33 Å². The normalized spacial score (nSPS) is 19.0. The van der Waals surface area contributed by atoms with Gasteiger partial charge >= 0.3 is 0 Å². The lowest BCUT2D eigenvalue weighted by molar-refractivity contribution is -0.147. The number of carbonyl (C=O) groups is 1. The van der Waals surface area contributed by atoms with Gasteiger partial charge in [0.15, 0.2) is 23.0 Å². The van der Waals surface area contributed by atoms with Crippen molar-refractivity contribution in [1.29, 1.82) is 0 Å². The number of fused-ring (bicyclic) bond motifs is 2. The number of methoxy groups -OCH3 is 1. The summed E-state index contributed by atoms with van der Waals surface area (Å²) in [7, 11) is 1.60. The highest BCUT2D eigenvalue weighted by Crippen LogP contribution is 2.45. The third-order valence-electron chi connectivity index (χ3n) is 8.45. The summed E-state index contributed by atoms with van der Waals surface area (Å²) in [5.74, 6) is 0.858. The molecule has 4 aromatic heterocycles. The van der Waals surface area contributed by atoms with Gasteiger partial charge in [-0.15, -0.1) is 0 Å². The zero-order chi connectivity index (χ0) is 27.6. The molecule has 0 bridgehead atoms. The Kier molecular flexibility index (Phi) is 5.93. The van der Waals surface area contributed by atoms with Crippen molar-refractivity contribution in [3.63, 3.8) is 0 Å². The Morgan fingerprint density at radius 1 is 1.20 bits per heavy atom. The lowest BCUT2D eigenvalue weighted by Crippen LogP contribution is -2.73. The van der Waals surface area contributed by atoms with Gasteiger partial charge in [0.25, 0.3) is 0 Å². The lowest BCUT2D eigenvalue weighted by Gasteiger charge is -2.60. The summed E-state index contributed by atoms with van der Waals surface area (Å²) in [5.41, 5.74) is 3.82. The predicted molar refractivity (Wildman–Crippen MR) is 147 cm³/mol. The molecule has 3 saturated heterocycles. The molecule has 0 aromatic carbocycles. The van der Waals surface area contributed by atoms with E-state index in [0.29, 0.717) is 74.1 Å². The smallest absolute Gasteiger partial charge is 0.236 e. The van der Waals surface area contributed by atoms with E-state index in [9.17, 15) is 4.79 Å². The highest BCUT2D eigenvalue weighted by molar-refractivity contribution is 5.93. The lowest BCUT2D eigenvalue weighted by atomic mass is 9.72. The summed E-state index contributed by atoms with van der Waals surface area (Å²) >= 11 is 0. The molecule has 1 N–H and O–H groups in total. The number of nitrogens with one attached hydrogen (secondary N) is 1. The first-order chi connectivity index (χ1) is 19.4. The van der Waals surface area contributed by atoms with Crippen LogP contribution in [0.2, 0.25) is 0 Å². The van der Waals surface area contributed by atoms with E-state index in [2.05, 4.69) is 38.8 Å². The number of carbonyl (C=O) groups excluding carboxylic acids is 1. The van der Waals surface area contributed by atoms with Crippen LogP contribution in [0, 0.1) is 11.2 Å². The number of likely N-dealkylation sites (tertiary alicyclic amines) is 1. The van der Waals surface area contributed by atoms with Crippen molar-refractivity contribution in [2.45, 2.75) is 19.8 Å². The van der Waals surface area contributed by atoms with Crippen molar-refractivity contribution in [1.82, 2.24) is 34.4 Å². The van der Waals surface area contributed by atoms with Crippen molar-refractivity contribution in [2.75, 3.05) is 71.0 Å². The van der Waals surface area contributed by atoms with E-state index in [1.807, 2.05) is 22.1 Å². The summed E-state index contributed by atoms with van der Waals surface area (Å²) in [4.78, 5) is 31.0. The van der Waals surface area contributed by atoms with Gasteiger partial charge in [-0.2, -0.15) is 5.10 Å². The zero-order valence-electron chi connectivity index (χ0n) is 23.0. The molecule has 12 heteroatoms. The number of nitrogens with zero attached hydrogens (tertiary/aromatic N) is 7. The predicted octanol–water partition coefficient (Wildman–Crippen LogP) is 2.52. The maximum atomic E-state index is 16.2. The Balaban J connectivity index is 1.12. The van der Waals surface area contributed by atoms with Gasteiger partial charge in [0.2, 0.25) is 5.91 Å². The van der Waals surface area contributed by atoms with Crippen LogP contribution in [0.3, 0.4) is 0 Å². The number of aromatic amines is 1. The molecule has 7 rings (SSSR count). The van der Waals surface area contributed by atoms with Crippen LogP contribution in [0.4, 0.5) is 10.2 Å². The van der Waals surface area contributed by atoms with Gasteiger partial charge in [-0.05, 0) is 17.5 Å². The highest BCUT2D eigenvalue weighted by Gasteiger charge is 2.54. The Bertz CT molecular complexity index is 1590. The van der Waals surface area contributed by atoms with E-state index in [4.69, 9.17) is 9.47 Å². The van der Waals surface area contributed by atoms with E-state index >= 15 is 4.39 Å². The molecule has 0 saturated carbocycles. The van der Waals surface area contributed by atoms with Crippen LogP contribution < -0.4 is 9.64 Å². The van der Waals surface area contributed by atoms with Crippen LogP contribution >= 0.6 is 0 Å². The van der Waals surface area contributed by atoms with Crippen molar-refractivity contribution in [3.8, 4) is 17.0 Å². The second-order valence-electron chi connectivity index (χ2n) is 11.6. The van der Waals surface area contributed by atoms with Gasteiger partial charge in [0.05, 0.1) is 44.3 Å². The molecule has 210 valence electrons. The van der Waals surface area contributed by atoms with Gasteiger partial charge in [-0.1, -0.05) is 13.8 Å². The second kappa shape index (κ2) is 9.41. The topological polar surface area (TPSA) is 104 Å². The first-order valence-corrected chi connectivity index (χ1v) is 13.8. The summed E-state index contributed by atoms with van der Waals surface area (Å²) in [5, 5.41) is 4.83. The second-order valence-corrected chi connectivity index (χ2v) is 11.6. The molecule has 1 spiro atoms. The minimum absolute atomic E-state index is 0.0255. The number of halogens is 1. The number of H-pyrrole nitrogens is 1. The maximum absolute atomic E-state index is 16.2. The third kappa shape index (κ3) is 4.00. The molecule has 7 heterocycles. The number of morpholine rings is 1. The molecule has 3 aliphatic rings. The average molecular weight is 549 g/mol. The number of ether oxygens (including phenoxy) is 2. The van der Waals surface area contributed by atoms with Crippen LogP contribution in [-0.2, 0) is 9.53 Å². The number of hydrogen-bond donors (Lipinski definition) is 1. The molecule has 1 amide bonds. The SMILES string of the molecule is COc1cc(-c2[nH]c3cnc(N4CC5(CN(C(=O)CN6CCOCC6)C5)C4)c(F)c3c2C(C)C)cn2ncnc12. The Hall–Kier alpha value is -3.77. The fraction of sp³-hybridized carbons (Fsp3) is 0.500. The van der Waals surface area contributed by atoms with Crippen LogP contribution in [0.5, 0.6) is 5.75 Å². The van der Waals surface area contributed by atoms with Crippen LogP contribution in [0.25, 0.3) is 27.8 Å². The van der Waals surface area contributed by atoms with E-state index in [1.54, 1.807) is 17.8 Å². The number of pyridine rings is 2. The first kappa shape index (κ1) is 25.2. The minimum Gasteiger partial charge on any atom is -0.493 e. The fourth-order valence-electron chi connectivity index (χ4n) is 6.47. The van der Waals surface area contributed by atoms with Gasteiger partial charge < -0.3 is 24.3 Å². The van der Waals surface area contributed by atoms with Crippen molar-refractivity contribution < 1.29 is 18.7 Å². The largest absolute Gasteiger partial charge is 0.493 e. The van der Waals surface area contributed by atoms with Gasteiger partial charge in [-0.25, -0.2) is 18.9 Å². The standard InChI is InChI=1S/C28H33FN8O3/c1-17(2)22-23-19(33-25(22)18-8-20(39-3)26-31-16-32-37(26)10-18)9-30-27(24(23)29)36-14-28(15-36)12-35(13-28)21(38)11-34-4-6-40-7-5-34/h8-10,16-17,33H,4-7,11-15H2,1-3H3. The van der Waals surface area contributed by atoms with Crippen LogP contribution in [0.1, 0.15) is 25.3 Å². The molecular formula is C28H33FN8O3. The van der Waals surface area contributed by atoms with Crippen LogP contribution in [0.15, 0.2) is 24.8 Å². The molecule has 4 aromatic rings. The molecule has 0 aliphatic carbocycles. The van der Waals surface area contributed by atoms with E-state index in [0.717, 1.165) is 29.9 Å². The third-order valence-corrected chi connectivity index (χ3v) is 8.45. The summed E-state index contributed by atoms with van der Waals surface area (Å²) in [6.07, 6.45) is 5.07. The Morgan fingerprint density at radius 2 is 1.98 bits per heavy atom. The summed E-state index contributed by atoms with van der Waals surface area (Å²) in [6.45, 7) is 10.3. The van der Waals surface area contributed by atoms with Crippen molar-refractivity contribution >= 4 is 28.3 Å². The van der Waals surface area contributed by atoms with Gasteiger partial charge in [0, 0.05) is 61.8 Å². The average Bonchev–Trinajstić information content (AvgIpc) is 3.53. The summed E-state index contributed by atoms with van der Waals surface area (Å²) < 4.78 is 28.8. The molecule has 0 radical (unpaired) electrons. The molecule has 11 nitrogen and oxygen atoms in total. The number of hydrogen-bond acceptors (Lipinski definition) is 8. The zero-order valence-corrected chi connectivity index (χ0v) is 23.0. The van der Waals surface area contributed by atoms with E-state index < -0.39 is 0 Å². The highest BCUT2D eigenvalue weighted by atomic mass is 19.1. The first-order valence-electron chi connectivity index (χ1n) is 13.8. The molecular weight excluding hydrogens is 515 g/mol. The van der Waals surface area contributed by atoms with E-state index in [1.165, 1.54) is 6.33 Å². The van der Waals surface area contributed by atoms with Gasteiger partial charge in [-0.3, -0.25) is 9.69 Å². The van der Waals surface area contributed by atoms with Crippen LogP contribution in [-0.4, -0.2) is 106 Å². The maximum Gasteiger partial charge on any atom is 0.236 e.